The monoisotopic (exact) mass is 333 g/mol. The van der Waals surface area contributed by atoms with Crippen LogP contribution in [0.3, 0.4) is 0 Å². The molecule has 2 aromatic carbocycles. The highest BCUT2D eigenvalue weighted by atomic mass is 16.2. The van der Waals surface area contributed by atoms with Crippen molar-refractivity contribution in [2.45, 2.75) is 20.8 Å². The summed E-state index contributed by atoms with van der Waals surface area (Å²) >= 11 is 0. The molecule has 128 valence electrons. The van der Waals surface area contributed by atoms with Gasteiger partial charge in [-0.05, 0) is 44.5 Å². The van der Waals surface area contributed by atoms with Crippen molar-refractivity contribution in [3.05, 3.63) is 71.4 Å². The molecular weight excluding hydrogens is 310 g/mol. The van der Waals surface area contributed by atoms with Crippen molar-refractivity contribution in [2.24, 2.45) is 4.99 Å². The van der Waals surface area contributed by atoms with E-state index in [9.17, 15) is 4.79 Å². The lowest BCUT2D eigenvalue weighted by Crippen LogP contribution is -2.44. The highest BCUT2D eigenvalue weighted by Gasteiger charge is 2.34. The van der Waals surface area contributed by atoms with Crippen LogP contribution >= 0.6 is 0 Å². The van der Waals surface area contributed by atoms with Crippen molar-refractivity contribution in [1.29, 1.82) is 0 Å². The van der Waals surface area contributed by atoms with E-state index < -0.39 is 0 Å². The lowest BCUT2D eigenvalue weighted by Gasteiger charge is -2.27. The molecule has 1 aliphatic rings. The van der Waals surface area contributed by atoms with E-state index in [-0.39, 0.29) is 5.91 Å². The van der Waals surface area contributed by atoms with E-state index in [4.69, 9.17) is 0 Å². The molecule has 4 heteroatoms. The third-order valence-electron chi connectivity index (χ3n) is 4.28. The largest absolute Gasteiger partial charge is 0.342 e. The molecular formula is C21H23N3O. The number of amides is 1. The number of aryl methyl sites for hydroxylation is 1. The summed E-state index contributed by atoms with van der Waals surface area (Å²) < 4.78 is 0. The molecule has 2 aromatic rings. The number of guanidine groups is 1. The van der Waals surface area contributed by atoms with Gasteiger partial charge in [0.25, 0.3) is 5.91 Å². The van der Waals surface area contributed by atoms with Crippen molar-refractivity contribution in [2.75, 3.05) is 18.0 Å². The Balaban J connectivity index is 2.04. The maximum absolute atomic E-state index is 13.1. The van der Waals surface area contributed by atoms with Crippen molar-refractivity contribution in [1.82, 2.24) is 4.90 Å². The molecule has 1 heterocycles. The summed E-state index contributed by atoms with van der Waals surface area (Å²) in [6.45, 7) is 7.77. The summed E-state index contributed by atoms with van der Waals surface area (Å²) in [6, 6.07) is 17.8. The molecule has 0 saturated carbocycles. The number of carbonyl (C=O) groups is 1. The molecule has 0 unspecified atom stereocenters. The van der Waals surface area contributed by atoms with Gasteiger partial charge in [0, 0.05) is 13.1 Å². The van der Waals surface area contributed by atoms with Gasteiger partial charge >= 0.3 is 0 Å². The molecule has 0 N–H and O–H groups in total. The third kappa shape index (κ3) is 3.48. The van der Waals surface area contributed by atoms with Gasteiger partial charge in [-0.1, -0.05) is 48.0 Å². The van der Waals surface area contributed by atoms with E-state index in [0.29, 0.717) is 11.7 Å². The Bertz CT molecular complexity index is 803. The standard InChI is InChI=1S/C21H23N3O/c1-4-23(5-2)21-22-19(15-17-9-7-6-8-10-17)20(25)24(21)18-13-11-16(3)12-14-18/h6-15H,4-5H2,1-3H3/b19-15-. The van der Waals surface area contributed by atoms with E-state index in [1.807, 2.05) is 67.6 Å². The highest BCUT2D eigenvalue weighted by molar-refractivity contribution is 6.28. The van der Waals surface area contributed by atoms with Crippen LogP contribution in [0.25, 0.3) is 6.08 Å². The fourth-order valence-electron chi connectivity index (χ4n) is 2.86. The molecule has 0 fully saturated rings. The quantitative estimate of drug-likeness (QED) is 0.790. The second kappa shape index (κ2) is 7.34. The average molecular weight is 333 g/mol. The van der Waals surface area contributed by atoms with Crippen molar-refractivity contribution >= 4 is 23.6 Å². The highest BCUT2D eigenvalue weighted by Crippen LogP contribution is 2.26. The second-order valence-corrected chi connectivity index (χ2v) is 6.00. The minimum Gasteiger partial charge on any atom is -0.342 e. The fourth-order valence-corrected chi connectivity index (χ4v) is 2.86. The number of hydrogen-bond acceptors (Lipinski definition) is 3. The Hall–Kier alpha value is -2.88. The van der Waals surface area contributed by atoms with Gasteiger partial charge in [0.05, 0.1) is 5.69 Å². The molecule has 0 radical (unpaired) electrons. The van der Waals surface area contributed by atoms with Crippen molar-refractivity contribution in [3.63, 3.8) is 0 Å². The molecule has 0 bridgehead atoms. The van der Waals surface area contributed by atoms with Crippen LogP contribution in [-0.2, 0) is 4.79 Å². The zero-order valence-corrected chi connectivity index (χ0v) is 14.9. The van der Waals surface area contributed by atoms with Crippen LogP contribution in [0.4, 0.5) is 5.69 Å². The zero-order chi connectivity index (χ0) is 17.8. The van der Waals surface area contributed by atoms with Gasteiger partial charge in [0.2, 0.25) is 5.96 Å². The smallest absolute Gasteiger partial charge is 0.283 e. The van der Waals surface area contributed by atoms with E-state index in [0.717, 1.165) is 29.9 Å². The molecule has 1 aliphatic heterocycles. The first kappa shape index (κ1) is 17.0. The fraction of sp³-hybridized carbons (Fsp3) is 0.238. The van der Waals surface area contributed by atoms with E-state index in [1.54, 1.807) is 4.90 Å². The molecule has 0 atom stereocenters. The number of carbonyl (C=O) groups excluding carboxylic acids is 1. The number of anilines is 1. The van der Waals surface area contributed by atoms with Crippen LogP contribution in [0, 0.1) is 6.92 Å². The summed E-state index contributed by atoms with van der Waals surface area (Å²) in [5.41, 5.74) is 3.45. The lowest BCUT2D eigenvalue weighted by atomic mass is 10.2. The molecule has 3 rings (SSSR count). The number of aliphatic imine (C=N–C) groups is 1. The third-order valence-corrected chi connectivity index (χ3v) is 4.28. The first-order valence-electron chi connectivity index (χ1n) is 8.65. The summed E-state index contributed by atoms with van der Waals surface area (Å²) in [5, 5.41) is 0. The first-order valence-corrected chi connectivity index (χ1v) is 8.65. The van der Waals surface area contributed by atoms with Crippen LogP contribution in [0.1, 0.15) is 25.0 Å². The molecule has 0 aliphatic carbocycles. The summed E-state index contributed by atoms with van der Waals surface area (Å²) in [4.78, 5) is 21.5. The normalized spacial score (nSPS) is 15.6. The van der Waals surface area contributed by atoms with Crippen LogP contribution in [-0.4, -0.2) is 29.9 Å². The van der Waals surface area contributed by atoms with Gasteiger partial charge in [0.15, 0.2) is 0 Å². The van der Waals surface area contributed by atoms with Crippen LogP contribution in [0.15, 0.2) is 65.3 Å². The van der Waals surface area contributed by atoms with E-state index in [1.165, 1.54) is 0 Å². The Labute approximate surface area is 149 Å². The number of benzene rings is 2. The minimum atomic E-state index is -0.0883. The van der Waals surface area contributed by atoms with Gasteiger partial charge in [-0.2, -0.15) is 0 Å². The molecule has 4 nitrogen and oxygen atoms in total. The number of rotatable bonds is 4. The summed E-state index contributed by atoms with van der Waals surface area (Å²) in [7, 11) is 0. The Morgan fingerprint density at radius 2 is 1.64 bits per heavy atom. The van der Waals surface area contributed by atoms with Crippen LogP contribution < -0.4 is 4.90 Å². The van der Waals surface area contributed by atoms with Crippen molar-refractivity contribution in [3.8, 4) is 0 Å². The lowest BCUT2D eigenvalue weighted by molar-refractivity contribution is -0.113. The first-order chi connectivity index (χ1) is 12.1. The van der Waals surface area contributed by atoms with E-state index in [2.05, 4.69) is 23.7 Å². The van der Waals surface area contributed by atoms with Crippen LogP contribution in [0.5, 0.6) is 0 Å². The topological polar surface area (TPSA) is 35.9 Å². The van der Waals surface area contributed by atoms with Crippen LogP contribution in [0.2, 0.25) is 0 Å². The zero-order valence-electron chi connectivity index (χ0n) is 14.9. The number of hydrogen-bond donors (Lipinski definition) is 0. The van der Waals surface area contributed by atoms with Gasteiger partial charge < -0.3 is 4.90 Å². The predicted molar refractivity (Wildman–Crippen MR) is 103 cm³/mol. The maximum atomic E-state index is 13.1. The predicted octanol–water partition coefficient (Wildman–Crippen LogP) is 4.08. The molecule has 0 spiro atoms. The Kier molecular flexibility index (Phi) is 4.98. The van der Waals surface area contributed by atoms with E-state index >= 15 is 0 Å². The van der Waals surface area contributed by atoms with Gasteiger partial charge in [-0.3, -0.25) is 4.79 Å². The molecule has 0 saturated heterocycles. The van der Waals surface area contributed by atoms with Gasteiger partial charge in [-0.15, -0.1) is 0 Å². The summed E-state index contributed by atoms with van der Waals surface area (Å²) in [5.74, 6) is 0.607. The molecule has 25 heavy (non-hydrogen) atoms. The SMILES string of the molecule is CCN(CC)C1=N/C(=C\c2ccccc2)C(=O)N1c1ccc(C)cc1. The number of nitrogens with zero attached hydrogens (tertiary/aromatic N) is 3. The molecule has 1 amide bonds. The maximum Gasteiger partial charge on any atom is 0.283 e. The van der Waals surface area contributed by atoms with Crippen molar-refractivity contribution < 1.29 is 4.79 Å². The molecule has 0 aromatic heterocycles. The Morgan fingerprint density at radius 3 is 2.24 bits per heavy atom. The average Bonchev–Trinajstić information content (AvgIpc) is 2.94. The van der Waals surface area contributed by atoms with Gasteiger partial charge in [-0.25, -0.2) is 9.89 Å². The summed E-state index contributed by atoms with van der Waals surface area (Å²) in [6.07, 6.45) is 1.85. The second-order valence-electron chi connectivity index (χ2n) is 6.00. The minimum absolute atomic E-state index is 0.0883. The van der Waals surface area contributed by atoms with Gasteiger partial charge in [0.1, 0.15) is 5.70 Å². The Morgan fingerprint density at radius 1 is 1.00 bits per heavy atom.